The molecule has 16 heavy (non-hydrogen) atoms. The van der Waals surface area contributed by atoms with Crippen molar-refractivity contribution in [2.24, 2.45) is 0 Å². The first kappa shape index (κ1) is 13.7. The molecule has 1 rings (SSSR count). The molecule has 4 heteroatoms. The van der Waals surface area contributed by atoms with Gasteiger partial charge < -0.3 is 4.74 Å². The Kier molecular flexibility index (Phi) is 6.03. The molecule has 0 aromatic rings. The van der Waals surface area contributed by atoms with E-state index in [-0.39, 0.29) is 11.2 Å². The molecule has 0 spiro atoms. The van der Waals surface area contributed by atoms with Crippen molar-refractivity contribution in [2.45, 2.75) is 62.9 Å². The number of rotatable bonds is 5. The highest BCUT2D eigenvalue weighted by atomic mass is 32.2. The van der Waals surface area contributed by atoms with Crippen LogP contribution in [-0.2, 0) is 20.3 Å². The second-order valence-corrected chi connectivity index (χ2v) is 6.13. The first-order valence-electron chi connectivity index (χ1n) is 6.26. The minimum atomic E-state index is -1.05. The average Bonchev–Trinajstić information content (AvgIpc) is 2.31. The Morgan fingerprint density at radius 3 is 2.44 bits per heavy atom. The molecule has 0 aromatic carbocycles. The van der Waals surface area contributed by atoms with Gasteiger partial charge in [-0.05, 0) is 26.2 Å². The molecule has 0 bridgehead atoms. The van der Waals surface area contributed by atoms with E-state index in [4.69, 9.17) is 4.74 Å². The summed E-state index contributed by atoms with van der Waals surface area (Å²) < 4.78 is 17.2. The Morgan fingerprint density at radius 1 is 1.31 bits per heavy atom. The zero-order valence-corrected chi connectivity index (χ0v) is 11.1. The van der Waals surface area contributed by atoms with Crippen molar-refractivity contribution >= 4 is 16.8 Å². The van der Waals surface area contributed by atoms with Crippen molar-refractivity contribution in [3.8, 4) is 0 Å². The SMILES string of the molecule is CCOC(=O)C(CC)S(=O)C1CCCCC1. The van der Waals surface area contributed by atoms with E-state index in [1.165, 1.54) is 6.42 Å². The van der Waals surface area contributed by atoms with Crippen LogP contribution in [0.1, 0.15) is 52.4 Å². The maximum atomic E-state index is 12.3. The monoisotopic (exact) mass is 246 g/mol. The van der Waals surface area contributed by atoms with Crippen molar-refractivity contribution < 1.29 is 13.7 Å². The molecule has 1 fully saturated rings. The Bertz CT molecular complexity index is 247. The van der Waals surface area contributed by atoms with Crippen molar-refractivity contribution in [3.63, 3.8) is 0 Å². The molecule has 0 amide bonds. The highest BCUT2D eigenvalue weighted by Gasteiger charge is 2.31. The first-order valence-corrected chi connectivity index (χ1v) is 7.54. The topological polar surface area (TPSA) is 43.4 Å². The summed E-state index contributed by atoms with van der Waals surface area (Å²) in [6, 6.07) is 0. The van der Waals surface area contributed by atoms with Gasteiger partial charge in [0.1, 0.15) is 5.25 Å². The Balaban J connectivity index is 2.57. The molecule has 3 nitrogen and oxygen atoms in total. The van der Waals surface area contributed by atoms with Crippen molar-refractivity contribution in [2.75, 3.05) is 6.61 Å². The van der Waals surface area contributed by atoms with Crippen LogP contribution in [-0.4, -0.2) is 27.3 Å². The van der Waals surface area contributed by atoms with Gasteiger partial charge in [-0.25, -0.2) is 0 Å². The number of carbonyl (C=O) groups is 1. The van der Waals surface area contributed by atoms with Gasteiger partial charge in [-0.3, -0.25) is 9.00 Å². The van der Waals surface area contributed by atoms with E-state index < -0.39 is 16.0 Å². The van der Waals surface area contributed by atoms with Crippen LogP contribution in [0.5, 0.6) is 0 Å². The number of hydrogen-bond acceptors (Lipinski definition) is 3. The lowest BCUT2D eigenvalue weighted by molar-refractivity contribution is -0.142. The van der Waals surface area contributed by atoms with Gasteiger partial charge in [-0.2, -0.15) is 0 Å². The summed E-state index contributed by atoms with van der Waals surface area (Å²) in [6.07, 6.45) is 6.15. The van der Waals surface area contributed by atoms with Crippen molar-refractivity contribution in [3.05, 3.63) is 0 Å². The van der Waals surface area contributed by atoms with Crippen LogP contribution in [0.25, 0.3) is 0 Å². The molecule has 0 aliphatic heterocycles. The smallest absolute Gasteiger partial charge is 0.321 e. The van der Waals surface area contributed by atoms with Crippen LogP contribution in [0.4, 0.5) is 0 Å². The molecule has 0 saturated heterocycles. The fourth-order valence-electron chi connectivity index (χ4n) is 2.19. The fourth-order valence-corrected chi connectivity index (χ4v) is 4.04. The van der Waals surface area contributed by atoms with Gasteiger partial charge in [-0.1, -0.05) is 26.2 Å². The van der Waals surface area contributed by atoms with Crippen LogP contribution < -0.4 is 0 Å². The summed E-state index contributed by atoms with van der Waals surface area (Å²) in [5.74, 6) is -0.283. The number of hydrogen-bond donors (Lipinski definition) is 0. The van der Waals surface area contributed by atoms with Crippen LogP contribution in [0.3, 0.4) is 0 Å². The Hall–Kier alpha value is -0.380. The van der Waals surface area contributed by atoms with Crippen molar-refractivity contribution in [1.82, 2.24) is 0 Å². The molecule has 1 saturated carbocycles. The van der Waals surface area contributed by atoms with E-state index in [9.17, 15) is 9.00 Å². The largest absolute Gasteiger partial charge is 0.465 e. The van der Waals surface area contributed by atoms with Crippen LogP contribution in [0.15, 0.2) is 0 Å². The van der Waals surface area contributed by atoms with Gasteiger partial charge in [0, 0.05) is 16.0 Å². The molecular formula is C12H22O3S. The number of carbonyl (C=O) groups excluding carboxylic acids is 1. The van der Waals surface area contributed by atoms with Gasteiger partial charge in [0.25, 0.3) is 0 Å². The minimum Gasteiger partial charge on any atom is -0.465 e. The van der Waals surface area contributed by atoms with Gasteiger partial charge in [0.15, 0.2) is 0 Å². The first-order chi connectivity index (χ1) is 7.70. The maximum Gasteiger partial charge on any atom is 0.321 e. The summed E-state index contributed by atoms with van der Waals surface area (Å²) in [6.45, 7) is 4.06. The summed E-state index contributed by atoms with van der Waals surface area (Å²) in [5, 5.41) is -0.203. The fraction of sp³-hybridized carbons (Fsp3) is 0.917. The molecule has 1 aliphatic rings. The summed E-state index contributed by atoms with van der Waals surface area (Å²) in [5.41, 5.74) is 0. The molecule has 0 heterocycles. The zero-order valence-electron chi connectivity index (χ0n) is 10.2. The van der Waals surface area contributed by atoms with E-state index in [1.807, 2.05) is 6.92 Å². The molecular weight excluding hydrogens is 224 g/mol. The third-order valence-corrected chi connectivity index (χ3v) is 5.30. The summed E-state index contributed by atoms with van der Waals surface area (Å²) in [4.78, 5) is 11.6. The molecule has 94 valence electrons. The predicted molar refractivity (Wildman–Crippen MR) is 65.7 cm³/mol. The molecule has 1 aliphatic carbocycles. The van der Waals surface area contributed by atoms with E-state index in [2.05, 4.69) is 0 Å². The predicted octanol–water partition coefficient (Wildman–Crippen LogP) is 2.41. The Labute approximate surface area is 100 Å². The molecule has 0 radical (unpaired) electrons. The number of esters is 1. The highest BCUT2D eigenvalue weighted by molar-refractivity contribution is 7.87. The van der Waals surface area contributed by atoms with E-state index >= 15 is 0 Å². The average molecular weight is 246 g/mol. The highest BCUT2D eigenvalue weighted by Crippen LogP contribution is 2.25. The number of ether oxygens (including phenoxy) is 1. The van der Waals surface area contributed by atoms with Gasteiger partial charge in [0.2, 0.25) is 0 Å². The lowest BCUT2D eigenvalue weighted by Crippen LogP contribution is -2.34. The van der Waals surface area contributed by atoms with E-state index in [0.29, 0.717) is 13.0 Å². The van der Waals surface area contributed by atoms with Crippen LogP contribution >= 0.6 is 0 Å². The third-order valence-electron chi connectivity index (χ3n) is 3.08. The van der Waals surface area contributed by atoms with Gasteiger partial charge in [-0.15, -0.1) is 0 Å². The zero-order chi connectivity index (χ0) is 12.0. The third kappa shape index (κ3) is 3.58. The van der Waals surface area contributed by atoms with Gasteiger partial charge >= 0.3 is 5.97 Å². The second-order valence-electron chi connectivity index (χ2n) is 4.24. The summed E-state index contributed by atoms with van der Waals surface area (Å²) in [7, 11) is -1.05. The lowest BCUT2D eigenvalue weighted by Gasteiger charge is -2.24. The molecule has 2 unspecified atom stereocenters. The van der Waals surface area contributed by atoms with Crippen molar-refractivity contribution in [1.29, 1.82) is 0 Å². The van der Waals surface area contributed by atoms with Crippen LogP contribution in [0, 0.1) is 0 Å². The molecule has 0 N–H and O–H groups in total. The summed E-state index contributed by atoms with van der Waals surface area (Å²) >= 11 is 0. The molecule has 2 atom stereocenters. The minimum absolute atomic E-state index is 0.211. The van der Waals surface area contributed by atoms with Gasteiger partial charge in [0.05, 0.1) is 6.61 Å². The normalized spacial score (nSPS) is 21.4. The quantitative estimate of drug-likeness (QED) is 0.700. The Morgan fingerprint density at radius 2 is 1.94 bits per heavy atom. The van der Waals surface area contributed by atoms with E-state index in [1.54, 1.807) is 6.92 Å². The standard InChI is InChI=1S/C12H22O3S/c1-3-11(12(13)15-4-2)16(14)10-8-6-5-7-9-10/h10-11H,3-9H2,1-2H3. The lowest BCUT2D eigenvalue weighted by atomic mass is 10.0. The van der Waals surface area contributed by atoms with E-state index in [0.717, 1.165) is 25.7 Å². The second kappa shape index (κ2) is 7.05. The van der Waals surface area contributed by atoms with Crippen LogP contribution in [0.2, 0.25) is 0 Å². The molecule has 0 aromatic heterocycles. The maximum absolute atomic E-state index is 12.3.